The first kappa shape index (κ1) is 20.4. The van der Waals surface area contributed by atoms with Gasteiger partial charge >= 0.3 is 0 Å². The first-order valence-corrected chi connectivity index (χ1v) is 11.1. The van der Waals surface area contributed by atoms with Crippen molar-refractivity contribution in [3.05, 3.63) is 60.2 Å². The molecule has 1 fully saturated rings. The lowest BCUT2D eigenvalue weighted by atomic mass is 10.0. The molecule has 9 heteroatoms. The molecule has 2 aliphatic heterocycles. The molecule has 2 aliphatic rings. The van der Waals surface area contributed by atoms with E-state index in [0.717, 1.165) is 11.3 Å². The summed E-state index contributed by atoms with van der Waals surface area (Å²) in [5.74, 6) is 0.577. The molecule has 4 rings (SSSR count). The summed E-state index contributed by atoms with van der Waals surface area (Å²) in [4.78, 5) is 20.1. The van der Waals surface area contributed by atoms with Crippen LogP contribution in [-0.2, 0) is 19.7 Å². The maximum absolute atomic E-state index is 12.8. The number of carbonyl (C=O) groups is 1. The average Bonchev–Trinajstić information content (AvgIpc) is 3.29. The minimum absolute atomic E-state index is 0.168. The summed E-state index contributed by atoms with van der Waals surface area (Å²) in [7, 11) is -1.95. The van der Waals surface area contributed by atoms with Gasteiger partial charge in [0.25, 0.3) is 5.91 Å². The molecule has 2 heterocycles. The first-order chi connectivity index (χ1) is 14.5. The Morgan fingerprint density at radius 2 is 1.70 bits per heavy atom. The average molecular weight is 429 g/mol. The number of carbonyl (C=O) groups excluding carboxylic acids is 1. The number of rotatable bonds is 5. The smallest absolute Gasteiger partial charge is 0.266 e. The number of oxime groups is 1. The number of hydrogen-bond acceptors (Lipinski definition) is 6. The molecule has 30 heavy (non-hydrogen) atoms. The van der Waals surface area contributed by atoms with E-state index in [9.17, 15) is 13.2 Å². The first-order valence-electron chi connectivity index (χ1n) is 9.70. The highest BCUT2D eigenvalue weighted by atomic mass is 32.2. The van der Waals surface area contributed by atoms with Crippen molar-refractivity contribution < 1.29 is 22.8 Å². The van der Waals surface area contributed by atoms with Crippen LogP contribution in [0.5, 0.6) is 5.75 Å². The number of piperazine rings is 1. The van der Waals surface area contributed by atoms with Crippen LogP contribution in [0.25, 0.3) is 0 Å². The molecule has 0 bridgehead atoms. The van der Waals surface area contributed by atoms with Gasteiger partial charge in [-0.2, -0.15) is 4.31 Å². The maximum atomic E-state index is 12.8. The third-order valence-corrected chi connectivity index (χ3v) is 7.21. The number of benzene rings is 2. The normalized spacial score (nSPS) is 19.8. The second-order valence-corrected chi connectivity index (χ2v) is 9.05. The van der Waals surface area contributed by atoms with E-state index in [2.05, 4.69) is 5.16 Å². The van der Waals surface area contributed by atoms with Crippen LogP contribution in [0.1, 0.15) is 12.0 Å². The number of sulfonamides is 1. The van der Waals surface area contributed by atoms with Crippen LogP contribution in [-0.4, -0.2) is 68.6 Å². The molecule has 2 aromatic carbocycles. The Bertz CT molecular complexity index is 1030. The van der Waals surface area contributed by atoms with Gasteiger partial charge < -0.3 is 14.5 Å². The van der Waals surface area contributed by atoms with Gasteiger partial charge in [-0.3, -0.25) is 4.79 Å². The molecule has 0 unspecified atom stereocenters. The van der Waals surface area contributed by atoms with Gasteiger partial charge in [-0.1, -0.05) is 23.4 Å². The fourth-order valence-electron chi connectivity index (χ4n) is 3.56. The highest BCUT2D eigenvalue weighted by Crippen LogP contribution is 2.22. The summed E-state index contributed by atoms with van der Waals surface area (Å²) in [6, 6.07) is 15.8. The largest absolute Gasteiger partial charge is 0.497 e. The molecular weight excluding hydrogens is 406 g/mol. The van der Waals surface area contributed by atoms with Crippen molar-refractivity contribution in [2.45, 2.75) is 17.4 Å². The Labute approximate surface area is 175 Å². The zero-order chi connectivity index (χ0) is 21.1. The third-order valence-electron chi connectivity index (χ3n) is 5.30. The number of hydrogen-bond donors (Lipinski definition) is 0. The minimum Gasteiger partial charge on any atom is -0.497 e. The molecule has 1 amide bonds. The fourth-order valence-corrected chi connectivity index (χ4v) is 5.00. The van der Waals surface area contributed by atoms with E-state index >= 15 is 0 Å². The van der Waals surface area contributed by atoms with E-state index < -0.39 is 16.1 Å². The Morgan fingerprint density at radius 3 is 2.33 bits per heavy atom. The zero-order valence-corrected chi connectivity index (χ0v) is 17.4. The zero-order valence-electron chi connectivity index (χ0n) is 16.6. The quantitative estimate of drug-likeness (QED) is 0.722. The Hall–Kier alpha value is -2.91. The fraction of sp³-hybridized carbons (Fsp3) is 0.333. The molecule has 0 spiro atoms. The Balaban J connectivity index is 1.34. The third kappa shape index (κ3) is 4.03. The van der Waals surface area contributed by atoms with E-state index in [1.54, 1.807) is 42.3 Å². The van der Waals surface area contributed by atoms with Crippen molar-refractivity contribution in [1.82, 2.24) is 9.21 Å². The summed E-state index contributed by atoms with van der Waals surface area (Å²) < 4.78 is 32.0. The molecule has 0 radical (unpaired) electrons. The lowest BCUT2D eigenvalue weighted by Gasteiger charge is -2.34. The van der Waals surface area contributed by atoms with Gasteiger partial charge in [0.2, 0.25) is 16.1 Å². The highest BCUT2D eigenvalue weighted by molar-refractivity contribution is 7.89. The van der Waals surface area contributed by atoms with Gasteiger partial charge in [0.05, 0.1) is 17.7 Å². The van der Waals surface area contributed by atoms with Crippen LogP contribution < -0.4 is 4.74 Å². The van der Waals surface area contributed by atoms with Gasteiger partial charge in [-0.15, -0.1) is 0 Å². The van der Waals surface area contributed by atoms with Crippen LogP contribution >= 0.6 is 0 Å². The van der Waals surface area contributed by atoms with Crippen molar-refractivity contribution >= 4 is 21.6 Å². The standard InChI is InChI=1S/C21H23N3O5S/c1-28-17-9-7-16(8-10-17)19-15-20(29-22-19)21(25)23-11-13-24(14-12-23)30(26,27)18-5-3-2-4-6-18/h2-10,20H,11-15H2,1H3/t20-/m1/s1. The lowest BCUT2D eigenvalue weighted by Crippen LogP contribution is -2.52. The second kappa shape index (κ2) is 8.45. The summed E-state index contributed by atoms with van der Waals surface area (Å²) in [5, 5.41) is 4.07. The van der Waals surface area contributed by atoms with Crippen LogP contribution in [0, 0.1) is 0 Å². The molecule has 2 aromatic rings. The van der Waals surface area contributed by atoms with Crippen molar-refractivity contribution in [3.63, 3.8) is 0 Å². The molecule has 1 saturated heterocycles. The topological polar surface area (TPSA) is 88.5 Å². The van der Waals surface area contributed by atoms with E-state index in [4.69, 9.17) is 9.57 Å². The summed E-state index contributed by atoms with van der Waals surface area (Å²) in [6.07, 6.45) is -0.298. The van der Waals surface area contributed by atoms with Gasteiger partial charge in [0.15, 0.2) is 0 Å². The summed E-state index contributed by atoms with van der Waals surface area (Å²) in [6.45, 7) is 1.15. The van der Waals surface area contributed by atoms with Gasteiger partial charge in [0.1, 0.15) is 5.75 Å². The van der Waals surface area contributed by atoms with Crippen LogP contribution in [0.15, 0.2) is 64.6 Å². The monoisotopic (exact) mass is 429 g/mol. The van der Waals surface area contributed by atoms with Crippen LogP contribution in [0.3, 0.4) is 0 Å². The second-order valence-electron chi connectivity index (χ2n) is 7.11. The molecule has 1 atom stereocenters. The number of amides is 1. The number of methoxy groups -OCH3 is 1. The van der Waals surface area contributed by atoms with Gasteiger partial charge in [-0.05, 0) is 42.0 Å². The van der Waals surface area contributed by atoms with Gasteiger partial charge in [0, 0.05) is 32.6 Å². The Morgan fingerprint density at radius 1 is 1.03 bits per heavy atom. The molecule has 0 saturated carbocycles. The molecule has 0 aromatic heterocycles. The number of nitrogens with zero attached hydrogens (tertiary/aromatic N) is 3. The van der Waals surface area contributed by atoms with Crippen molar-refractivity contribution in [3.8, 4) is 5.75 Å². The van der Waals surface area contributed by atoms with Crippen molar-refractivity contribution in [2.24, 2.45) is 5.16 Å². The predicted octanol–water partition coefficient (Wildman–Crippen LogP) is 1.72. The molecule has 0 aliphatic carbocycles. The molecule has 0 N–H and O–H groups in total. The SMILES string of the molecule is COc1ccc(C2=NO[C@@H](C(=O)N3CCN(S(=O)(=O)c4ccccc4)CC3)C2)cc1. The Kier molecular flexibility index (Phi) is 5.74. The minimum atomic E-state index is -3.55. The van der Waals surface area contributed by atoms with Crippen molar-refractivity contribution in [2.75, 3.05) is 33.3 Å². The highest BCUT2D eigenvalue weighted by Gasteiger charge is 2.36. The van der Waals surface area contributed by atoms with E-state index in [1.165, 1.54) is 4.31 Å². The summed E-state index contributed by atoms with van der Waals surface area (Å²) in [5.41, 5.74) is 1.59. The lowest BCUT2D eigenvalue weighted by molar-refractivity contribution is -0.143. The van der Waals surface area contributed by atoms with E-state index in [-0.39, 0.29) is 23.9 Å². The van der Waals surface area contributed by atoms with Crippen molar-refractivity contribution in [1.29, 1.82) is 0 Å². The number of ether oxygens (including phenoxy) is 1. The summed E-state index contributed by atoms with van der Waals surface area (Å²) >= 11 is 0. The van der Waals surface area contributed by atoms with Crippen LogP contribution in [0.4, 0.5) is 0 Å². The van der Waals surface area contributed by atoms with E-state index in [0.29, 0.717) is 25.2 Å². The molecule has 158 valence electrons. The maximum Gasteiger partial charge on any atom is 0.266 e. The predicted molar refractivity (Wildman–Crippen MR) is 111 cm³/mol. The van der Waals surface area contributed by atoms with Crippen LogP contribution in [0.2, 0.25) is 0 Å². The molecular formula is C21H23N3O5S. The molecule has 8 nitrogen and oxygen atoms in total. The van der Waals surface area contributed by atoms with Gasteiger partial charge in [-0.25, -0.2) is 8.42 Å². The van der Waals surface area contributed by atoms with E-state index in [1.807, 2.05) is 24.3 Å².